The molecular weight excluding hydrogens is 206 g/mol. The van der Waals surface area contributed by atoms with E-state index in [-0.39, 0.29) is 0 Å². The van der Waals surface area contributed by atoms with E-state index in [9.17, 15) is 0 Å². The fourth-order valence-corrected chi connectivity index (χ4v) is 4.09. The maximum Gasteiger partial charge on any atom is 0.0815 e. The zero-order chi connectivity index (χ0) is 12.0. The van der Waals surface area contributed by atoms with E-state index in [2.05, 4.69) is 6.92 Å². The summed E-state index contributed by atoms with van der Waals surface area (Å²) in [6, 6.07) is 0. The Morgan fingerprint density at radius 2 is 1.53 bits per heavy atom. The van der Waals surface area contributed by atoms with Crippen LogP contribution in [0.25, 0.3) is 0 Å². The second kappa shape index (κ2) is 6.78. The highest BCUT2D eigenvalue weighted by Crippen LogP contribution is 2.29. The quantitative estimate of drug-likeness (QED) is 0.624. The first-order valence-corrected chi connectivity index (χ1v) is 8.20. The molecule has 1 saturated heterocycles. The van der Waals surface area contributed by atoms with E-state index in [0.29, 0.717) is 0 Å². The van der Waals surface area contributed by atoms with Crippen molar-refractivity contribution in [2.24, 2.45) is 5.92 Å². The van der Waals surface area contributed by atoms with Gasteiger partial charge in [-0.05, 0) is 38.5 Å². The minimum Gasteiger partial charge on any atom is -0.323 e. The summed E-state index contributed by atoms with van der Waals surface area (Å²) < 4.78 is 1.50. The number of piperidine rings is 1. The van der Waals surface area contributed by atoms with Crippen LogP contribution >= 0.6 is 0 Å². The fourth-order valence-electron chi connectivity index (χ4n) is 4.09. The molecule has 0 spiro atoms. The van der Waals surface area contributed by atoms with Crippen molar-refractivity contribution in [1.29, 1.82) is 0 Å². The molecule has 2 aliphatic rings. The van der Waals surface area contributed by atoms with Gasteiger partial charge in [-0.1, -0.05) is 32.6 Å². The lowest BCUT2D eigenvalue weighted by Crippen LogP contribution is -2.54. The Morgan fingerprint density at radius 1 is 0.882 bits per heavy atom. The van der Waals surface area contributed by atoms with Crippen LogP contribution in [-0.4, -0.2) is 30.7 Å². The number of likely N-dealkylation sites (tertiary alicyclic amines) is 1. The third-order valence-corrected chi connectivity index (χ3v) is 5.12. The summed E-state index contributed by atoms with van der Waals surface area (Å²) in [7, 11) is 0. The smallest absolute Gasteiger partial charge is 0.0815 e. The molecule has 1 heteroatoms. The van der Waals surface area contributed by atoms with Crippen molar-refractivity contribution in [2.75, 3.05) is 26.2 Å². The predicted octanol–water partition coefficient (Wildman–Crippen LogP) is 4.37. The van der Waals surface area contributed by atoms with Crippen LogP contribution in [0.5, 0.6) is 0 Å². The molecule has 0 amide bonds. The van der Waals surface area contributed by atoms with E-state index in [0.717, 1.165) is 5.92 Å². The lowest BCUT2D eigenvalue weighted by Gasteiger charge is -2.44. The summed E-state index contributed by atoms with van der Waals surface area (Å²) >= 11 is 0. The van der Waals surface area contributed by atoms with Crippen molar-refractivity contribution in [3.05, 3.63) is 0 Å². The monoisotopic (exact) mass is 238 g/mol. The van der Waals surface area contributed by atoms with Crippen molar-refractivity contribution < 1.29 is 4.48 Å². The van der Waals surface area contributed by atoms with Crippen molar-refractivity contribution in [1.82, 2.24) is 0 Å². The largest absolute Gasteiger partial charge is 0.323 e. The number of nitrogens with zero attached hydrogens (tertiary/aromatic N) is 1. The first kappa shape index (κ1) is 13.4. The highest BCUT2D eigenvalue weighted by Gasteiger charge is 2.32. The molecule has 0 radical (unpaired) electrons. The second-order valence-corrected chi connectivity index (χ2v) is 6.61. The van der Waals surface area contributed by atoms with E-state index < -0.39 is 0 Å². The highest BCUT2D eigenvalue weighted by atomic mass is 15.4. The maximum atomic E-state index is 2.35. The molecule has 0 aromatic rings. The summed E-state index contributed by atoms with van der Waals surface area (Å²) in [4.78, 5) is 0. The Labute approximate surface area is 108 Å². The average molecular weight is 238 g/mol. The molecule has 0 aromatic carbocycles. The Bertz CT molecular complexity index is 200. The lowest BCUT2D eigenvalue weighted by atomic mass is 9.87. The summed E-state index contributed by atoms with van der Waals surface area (Å²) in [5, 5.41) is 0. The van der Waals surface area contributed by atoms with Gasteiger partial charge in [-0.3, -0.25) is 0 Å². The van der Waals surface area contributed by atoms with E-state index in [1.54, 1.807) is 0 Å². The van der Waals surface area contributed by atoms with E-state index in [1.807, 2.05) is 0 Å². The van der Waals surface area contributed by atoms with Gasteiger partial charge in [-0.2, -0.15) is 0 Å². The van der Waals surface area contributed by atoms with E-state index in [1.165, 1.54) is 94.9 Å². The standard InChI is InChI=1S/C16H32N/c1-2-3-12-17(13-8-5-9-14-17)15-16-10-6-4-7-11-16/h16H,2-15H2,1H3/q+1. The van der Waals surface area contributed by atoms with Crippen LogP contribution in [0.15, 0.2) is 0 Å². The first-order chi connectivity index (χ1) is 8.35. The molecule has 1 nitrogen and oxygen atoms in total. The molecule has 1 saturated carbocycles. The summed E-state index contributed by atoms with van der Waals surface area (Å²) in [5.41, 5.74) is 0. The maximum absolute atomic E-state index is 2.35. The topological polar surface area (TPSA) is 0 Å². The van der Waals surface area contributed by atoms with Gasteiger partial charge in [-0.25, -0.2) is 0 Å². The molecule has 1 heterocycles. The molecule has 1 aliphatic heterocycles. The predicted molar refractivity (Wildman–Crippen MR) is 75.1 cm³/mol. The molecule has 0 bridgehead atoms. The molecule has 0 atom stereocenters. The third kappa shape index (κ3) is 3.98. The molecule has 100 valence electrons. The Kier molecular flexibility index (Phi) is 5.34. The molecule has 0 N–H and O–H groups in total. The number of unbranched alkanes of at least 4 members (excludes halogenated alkanes) is 1. The van der Waals surface area contributed by atoms with Crippen molar-refractivity contribution in [2.45, 2.75) is 71.1 Å². The van der Waals surface area contributed by atoms with Crippen LogP contribution in [0.2, 0.25) is 0 Å². The van der Waals surface area contributed by atoms with E-state index in [4.69, 9.17) is 0 Å². The Morgan fingerprint density at radius 3 is 2.18 bits per heavy atom. The van der Waals surface area contributed by atoms with Gasteiger partial charge >= 0.3 is 0 Å². The van der Waals surface area contributed by atoms with Crippen LogP contribution in [0.3, 0.4) is 0 Å². The van der Waals surface area contributed by atoms with Gasteiger partial charge in [-0.15, -0.1) is 0 Å². The fraction of sp³-hybridized carbons (Fsp3) is 1.00. The zero-order valence-electron chi connectivity index (χ0n) is 11.9. The van der Waals surface area contributed by atoms with Crippen molar-refractivity contribution in [3.8, 4) is 0 Å². The van der Waals surface area contributed by atoms with Gasteiger partial charge in [0.25, 0.3) is 0 Å². The molecule has 17 heavy (non-hydrogen) atoms. The lowest BCUT2D eigenvalue weighted by molar-refractivity contribution is -0.935. The van der Waals surface area contributed by atoms with Crippen LogP contribution in [-0.2, 0) is 0 Å². The number of hydrogen-bond donors (Lipinski definition) is 0. The van der Waals surface area contributed by atoms with Crippen LogP contribution in [0.4, 0.5) is 0 Å². The molecule has 2 fully saturated rings. The van der Waals surface area contributed by atoms with Gasteiger partial charge in [0.2, 0.25) is 0 Å². The van der Waals surface area contributed by atoms with Gasteiger partial charge in [0.1, 0.15) is 0 Å². The Hall–Kier alpha value is -0.0400. The van der Waals surface area contributed by atoms with Crippen LogP contribution < -0.4 is 0 Å². The summed E-state index contributed by atoms with van der Waals surface area (Å²) in [6.07, 6.45) is 14.9. The van der Waals surface area contributed by atoms with Crippen LogP contribution in [0, 0.1) is 5.92 Å². The first-order valence-electron chi connectivity index (χ1n) is 8.20. The molecular formula is C16H32N+. The molecule has 0 unspecified atom stereocenters. The highest BCUT2D eigenvalue weighted by molar-refractivity contribution is 4.67. The molecule has 2 rings (SSSR count). The SMILES string of the molecule is CCCC[N+]1(CC2CCCCC2)CCCCC1. The van der Waals surface area contributed by atoms with Gasteiger partial charge in [0.05, 0.1) is 26.2 Å². The number of rotatable bonds is 5. The van der Waals surface area contributed by atoms with Gasteiger partial charge in [0, 0.05) is 5.92 Å². The molecule has 1 aliphatic carbocycles. The van der Waals surface area contributed by atoms with Crippen molar-refractivity contribution in [3.63, 3.8) is 0 Å². The average Bonchev–Trinajstić information content (AvgIpc) is 2.39. The van der Waals surface area contributed by atoms with Crippen LogP contribution in [0.1, 0.15) is 71.1 Å². The number of hydrogen-bond acceptors (Lipinski definition) is 0. The van der Waals surface area contributed by atoms with Crippen molar-refractivity contribution >= 4 is 0 Å². The van der Waals surface area contributed by atoms with E-state index >= 15 is 0 Å². The molecule has 0 aromatic heterocycles. The minimum absolute atomic E-state index is 1.07. The second-order valence-electron chi connectivity index (χ2n) is 6.61. The Balaban J connectivity index is 1.88. The minimum atomic E-state index is 1.07. The summed E-state index contributed by atoms with van der Waals surface area (Å²) in [6.45, 7) is 8.35. The zero-order valence-corrected chi connectivity index (χ0v) is 11.9. The number of quaternary nitrogens is 1. The normalized spacial score (nSPS) is 25.9. The third-order valence-electron chi connectivity index (χ3n) is 5.12. The summed E-state index contributed by atoms with van der Waals surface area (Å²) in [5.74, 6) is 1.07. The van der Waals surface area contributed by atoms with Gasteiger partial charge < -0.3 is 4.48 Å². The van der Waals surface area contributed by atoms with Gasteiger partial charge in [0.15, 0.2) is 0 Å².